The first kappa shape index (κ1) is 11.4. The first-order valence-electron chi connectivity index (χ1n) is 6.77. The van der Waals surface area contributed by atoms with Crippen LogP contribution in [0.4, 0.5) is 17.3 Å². The highest BCUT2D eigenvalue weighted by molar-refractivity contribution is 6.12. The van der Waals surface area contributed by atoms with Crippen molar-refractivity contribution in [1.29, 1.82) is 0 Å². The van der Waals surface area contributed by atoms with Crippen molar-refractivity contribution in [2.45, 2.75) is 25.8 Å². The van der Waals surface area contributed by atoms with Crippen LogP contribution in [0, 0.1) is 6.92 Å². The van der Waals surface area contributed by atoms with Crippen LogP contribution in [0.25, 0.3) is 0 Å². The molecule has 0 aromatic carbocycles. The second kappa shape index (κ2) is 4.03. The molecule has 0 atom stereocenters. The molecule has 0 radical (unpaired) electrons. The van der Waals surface area contributed by atoms with Crippen LogP contribution in [0.2, 0.25) is 0 Å². The van der Waals surface area contributed by atoms with E-state index in [2.05, 4.69) is 20.2 Å². The lowest BCUT2D eigenvalue weighted by Gasteiger charge is -2.23. The lowest BCUT2D eigenvalue weighted by molar-refractivity contribution is 0.102. The smallest absolute Gasteiger partial charge is 0.259 e. The molecule has 2 aliphatic rings. The van der Waals surface area contributed by atoms with Crippen molar-refractivity contribution >= 4 is 23.2 Å². The zero-order valence-corrected chi connectivity index (χ0v) is 11.1. The van der Waals surface area contributed by atoms with Crippen LogP contribution in [0.5, 0.6) is 0 Å². The molecule has 3 heterocycles. The summed E-state index contributed by atoms with van der Waals surface area (Å²) in [6.45, 7) is 1.94. The van der Waals surface area contributed by atoms with Gasteiger partial charge in [-0.05, 0) is 43.5 Å². The first-order chi connectivity index (χ1) is 9.75. The molecule has 2 aromatic heterocycles. The molecule has 0 bridgehead atoms. The number of hydrogen-bond donors (Lipinski definition) is 1. The molecule has 20 heavy (non-hydrogen) atoms. The fraction of sp³-hybridized carbons (Fsp3) is 0.267. The Morgan fingerprint density at radius 2 is 2.00 bits per heavy atom. The summed E-state index contributed by atoms with van der Waals surface area (Å²) in [5, 5.41) is 2.95. The largest absolute Gasteiger partial charge is 0.319 e. The summed E-state index contributed by atoms with van der Waals surface area (Å²) >= 11 is 0. The van der Waals surface area contributed by atoms with Gasteiger partial charge in [0.1, 0.15) is 5.82 Å². The Bertz CT molecular complexity index is 709. The van der Waals surface area contributed by atoms with Gasteiger partial charge in [0.15, 0.2) is 5.82 Å². The van der Waals surface area contributed by atoms with E-state index in [0.717, 1.165) is 35.7 Å². The minimum atomic E-state index is -0.108. The molecular formula is C15H14N4O. The number of nitrogens with zero attached hydrogens (tertiary/aromatic N) is 3. The van der Waals surface area contributed by atoms with Gasteiger partial charge >= 0.3 is 0 Å². The third-order valence-corrected chi connectivity index (χ3v) is 3.77. The van der Waals surface area contributed by atoms with Gasteiger partial charge < -0.3 is 10.2 Å². The second-order valence-electron chi connectivity index (χ2n) is 5.26. The topological polar surface area (TPSA) is 58.1 Å². The Morgan fingerprint density at radius 3 is 2.80 bits per heavy atom. The number of anilines is 3. The van der Waals surface area contributed by atoms with Gasteiger partial charge in [-0.15, -0.1) is 0 Å². The van der Waals surface area contributed by atoms with Crippen LogP contribution >= 0.6 is 0 Å². The fourth-order valence-electron chi connectivity index (χ4n) is 2.66. The summed E-state index contributed by atoms with van der Waals surface area (Å²) in [6, 6.07) is 5.98. The minimum absolute atomic E-state index is 0.108. The number of aromatic nitrogens is 2. The molecule has 0 saturated heterocycles. The van der Waals surface area contributed by atoms with E-state index in [9.17, 15) is 4.79 Å². The Labute approximate surface area is 116 Å². The van der Waals surface area contributed by atoms with Gasteiger partial charge in [-0.25, -0.2) is 9.97 Å². The van der Waals surface area contributed by atoms with Gasteiger partial charge in [-0.1, -0.05) is 0 Å². The average Bonchev–Trinajstić information content (AvgIpc) is 3.25. The fourth-order valence-corrected chi connectivity index (χ4v) is 2.66. The Morgan fingerprint density at radius 1 is 1.20 bits per heavy atom. The Balaban J connectivity index is 2.01. The number of aryl methyl sites for hydroxylation is 1. The number of hydrogen-bond acceptors (Lipinski definition) is 4. The van der Waals surface area contributed by atoms with Crippen molar-refractivity contribution in [3.8, 4) is 0 Å². The summed E-state index contributed by atoms with van der Waals surface area (Å²) in [6.07, 6.45) is 5.73. The quantitative estimate of drug-likeness (QED) is 0.862. The van der Waals surface area contributed by atoms with Crippen LogP contribution in [0.15, 0.2) is 30.6 Å². The van der Waals surface area contributed by atoms with Gasteiger partial charge in [-0.3, -0.25) is 4.79 Å². The molecule has 5 nitrogen and oxygen atoms in total. The van der Waals surface area contributed by atoms with Crippen LogP contribution in [0.3, 0.4) is 0 Å². The van der Waals surface area contributed by atoms with Crippen LogP contribution in [-0.4, -0.2) is 21.9 Å². The van der Waals surface area contributed by atoms with Crippen molar-refractivity contribution in [3.63, 3.8) is 0 Å². The van der Waals surface area contributed by atoms with Gasteiger partial charge in [-0.2, -0.15) is 0 Å². The number of rotatable bonds is 1. The summed E-state index contributed by atoms with van der Waals surface area (Å²) in [5.74, 6) is 1.41. The van der Waals surface area contributed by atoms with Crippen LogP contribution in [0.1, 0.15) is 28.8 Å². The highest BCUT2D eigenvalue weighted by atomic mass is 16.1. The van der Waals surface area contributed by atoms with Crippen LogP contribution in [-0.2, 0) is 0 Å². The van der Waals surface area contributed by atoms with Crippen molar-refractivity contribution < 1.29 is 4.79 Å². The Hall–Kier alpha value is -2.43. The van der Waals surface area contributed by atoms with Crippen LogP contribution < -0.4 is 10.2 Å². The lowest BCUT2D eigenvalue weighted by Crippen LogP contribution is -2.23. The molecule has 4 rings (SSSR count). The highest BCUT2D eigenvalue weighted by Gasteiger charge is 2.38. The SMILES string of the molecule is Cc1ccnc2c1C(=O)Nc1cccnc1N2C1CC1. The summed E-state index contributed by atoms with van der Waals surface area (Å²) < 4.78 is 0. The summed E-state index contributed by atoms with van der Waals surface area (Å²) in [7, 11) is 0. The van der Waals surface area contributed by atoms with Gasteiger partial charge in [0.2, 0.25) is 0 Å². The van der Waals surface area contributed by atoms with Crippen molar-refractivity contribution in [1.82, 2.24) is 9.97 Å². The molecule has 1 amide bonds. The van der Waals surface area contributed by atoms with E-state index in [1.807, 2.05) is 25.1 Å². The van der Waals surface area contributed by atoms with Crippen molar-refractivity contribution in [2.75, 3.05) is 10.2 Å². The standard InChI is InChI=1S/C15H14N4O/c1-9-6-8-17-14-12(9)15(20)18-11-3-2-7-16-13(11)19(14)10-4-5-10/h2-3,6-8,10H,4-5H2,1H3,(H,18,20). The van der Waals surface area contributed by atoms with E-state index in [4.69, 9.17) is 0 Å². The number of fused-ring (bicyclic) bond motifs is 2. The Kier molecular flexibility index (Phi) is 2.30. The number of carbonyl (C=O) groups excluding carboxylic acids is 1. The predicted molar refractivity (Wildman–Crippen MR) is 76.3 cm³/mol. The van der Waals surface area contributed by atoms with Gasteiger partial charge in [0, 0.05) is 18.4 Å². The first-order valence-corrected chi connectivity index (χ1v) is 6.77. The van der Waals surface area contributed by atoms with Crippen molar-refractivity contribution in [3.05, 3.63) is 41.7 Å². The zero-order chi connectivity index (χ0) is 13.7. The molecular weight excluding hydrogens is 252 g/mol. The van der Waals surface area contributed by atoms with Crippen molar-refractivity contribution in [2.24, 2.45) is 0 Å². The van der Waals surface area contributed by atoms with Gasteiger partial charge in [0.25, 0.3) is 5.91 Å². The molecule has 100 valence electrons. The molecule has 2 aromatic rings. The number of pyridine rings is 2. The predicted octanol–water partition coefficient (Wildman–Crippen LogP) is 2.65. The molecule has 1 N–H and O–H groups in total. The second-order valence-corrected chi connectivity index (χ2v) is 5.26. The molecule has 1 saturated carbocycles. The van der Waals surface area contributed by atoms with E-state index in [0.29, 0.717) is 11.6 Å². The van der Waals surface area contributed by atoms with E-state index in [1.54, 1.807) is 12.4 Å². The normalized spacial score (nSPS) is 17.1. The summed E-state index contributed by atoms with van der Waals surface area (Å²) in [5.41, 5.74) is 2.34. The third kappa shape index (κ3) is 1.59. The average molecular weight is 266 g/mol. The number of amides is 1. The monoisotopic (exact) mass is 266 g/mol. The van der Waals surface area contributed by atoms with E-state index >= 15 is 0 Å². The highest BCUT2D eigenvalue weighted by Crippen LogP contribution is 2.43. The zero-order valence-electron chi connectivity index (χ0n) is 11.1. The molecule has 1 aliphatic carbocycles. The van der Waals surface area contributed by atoms with E-state index in [1.165, 1.54) is 0 Å². The lowest BCUT2D eigenvalue weighted by atomic mass is 10.1. The molecule has 1 fully saturated rings. The molecule has 5 heteroatoms. The third-order valence-electron chi connectivity index (χ3n) is 3.77. The van der Waals surface area contributed by atoms with E-state index in [-0.39, 0.29) is 5.91 Å². The minimum Gasteiger partial charge on any atom is -0.319 e. The van der Waals surface area contributed by atoms with Gasteiger partial charge in [0.05, 0.1) is 11.3 Å². The van der Waals surface area contributed by atoms with E-state index < -0.39 is 0 Å². The summed E-state index contributed by atoms with van der Waals surface area (Å²) in [4.78, 5) is 23.5. The molecule has 0 unspecified atom stereocenters. The maximum Gasteiger partial charge on any atom is 0.259 e. The molecule has 1 aliphatic heterocycles. The number of nitrogens with one attached hydrogen (secondary N) is 1. The number of carbonyl (C=O) groups is 1. The molecule has 0 spiro atoms. The maximum atomic E-state index is 12.5. The maximum absolute atomic E-state index is 12.5.